The minimum Gasteiger partial charge on any atom is -0.355 e. The molecule has 2 saturated heterocycles. The number of hydrogen-bond donors (Lipinski definition) is 0. The standard InChI is InChI=1S/C18H24N6O/c1-14-11-19-24(12-14)15-5-4-10-23(13-15)18(25)16-6-7-17(21-20-16)22-8-2-3-9-22/h6-7,11-12,15H,2-5,8-10,13H2,1H3/t15-/m0/s1. The monoisotopic (exact) mass is 340 g/mol. The summed E-state index contributed by atoms with van der Waals surface area (Å²) in [5.74, 6) is 0.839. The van der Waals surface area contributed by atoms with Gasteiger partial charge < -0.3 is 9.80 Å². The number of likely N-dealkylation sites (tertiary alicyclic amines) is 1. The highest BCUT2D eigenvalue weighted by atomic mass is 16.2. The summed E-state index contributed by atoms with van der Waals surface area (Å²) in [6.45, 7) is 5.53. The Kier molecular flexibility index (Phi) is 4.38. The van der Waals surface area contributed by atoms with Gasteiger partial charge in [-0.05, 0) is 50.3 Å². The van der Waals surface area contributed by atoms with Crippen LogP contribution in [0.3, 0.4) is 0 Å². The average molecular weight is 340 g/mol. The minimum atomic E-state index is -0.0333. The fourth-order valence-electron chi connectivity index (χ4n) is 3.70. The van der Waals surface area contributed by atoms with Crippen LogP contribution in [0.5, 0.6) is 0 Å². The molecular weight excluding hydrogens is 316 g/mol. The SMILES string of the molecule is Cc1cnn([C@H]2CCCN(C(=O)c3ccc(N4CCCC4)nn3)C2)c1. The van der Waals surface area contributed by atoms with E-state index >= 15 is 0 Å². The van der Waals surface area contributed by atoms with Gasteiger partial charge in [0.2, 0.25) is 0 Å². The zero-order valence-electron chi connectivity index (χ0n) is 14.6. The number of aryl methyl sites for hydroxylation is 1. The van der Waals surface area contributed by atoms with Crippen molar-refractivity contribution < 1.29 is 4.79 Å². The van der Waals surface area contributed by atoms with Gasteiger partial charge in [0.1, 0.15) is 0 Å². The first-order valence-electron chi connectivity index (χ1n) is 9.09. The minimum absolute atomic E-state index is 0.0333. The number of amides is 1. The van der Waals surface area contributed by atoms with Crippen LogP contribution in [-0.2, 0) is 0 Å². The van der Waals surface area contributed by atoms with Gasteiger partial charge in [-0.3, -0.25) is 9.48 Å². The van der Waals surface area contributed by atoms with Crippen LogP contribution in [0.25, 0.3) is 0 Å². The fourth-order valence-corrected chi connectivity index (χ4v) is 3.70. The molecule has 0 spiro atoms. The molecular formula is C18H24N6O. The van der Waals surface area contributed by atoms with E-state index < -0.39 is 0 Å². The molecule has 2 aromatic heterocycles. The van der Waals surface area contributed by atoms with Gasteiger partial charge in [0.05, 0.1) is 12.2 Å². The second kappa shape index (κ2) is 6.82. The lowest BCUT2D eigenvalue weighted by Crippen LogP contribution is -2.41. The van der Waals surface area contributed by atoms with Crippen LogP contribution >= 0.6 is 0 Å². The van der Waals surface area contributed by atoms with Crippen LogP contribution in [0.15, 0.2) is 24.5 Å². The van der Waals surface area contributed by atoms with Crippen LogP contribution in [0.4, 0.5) is 5.82 Å². The summed E-state index contributed by atoms with van der Waals surface area (Å²) in [6.07, 6.45) is 8.33. The number of aromatic nitrogens is 4. The van der Waals surface area contributed by atoms with Crippen molar-refractivity contribution in [2.24, 2.45) is 0 Å². The van der Waals surface area contributed by atoms with E-state index in [9.17, 15) is 4.79 Å². The van der Waals surface area contributed by atoms with E-state index in [4.69, 9.17) is 0 Å². The number of piperidine rings is 1. The molecule has 2 aromatic rings. The molecule has 7 nitrogen and oxygen atoms in total. The molecule has 0 radical (unpaired) electrons. The van der Waals surface area contributed by atoms with Crippen molar-refractivity contribution in [1.29, 1.82) is 0 Å². The summed E-state index contributed by atoms with van der Waals surface area (Å²) in [5.41, 5.74) is 1.58. The van der Waals surface area contributed by atoms with Gasteiger partial charge in [-0.15, -0.1) is 10.2 Å². The number of carbonyl (C=O) groups excluding carboxylic acids is 1. The molecule has 2 aliphatic rings. The number of carbonyl (C=O) groups is 1. The van der Waals surface area contributed by atoms with E-state index in [2.05, 4.69) is 20.2 Å². The van der Waals surface area contributed by atoms with Gasteiger partial charge in [0.25, 0.3) is 5.91 Å². The Morgan fingerprint density at radius 3 is 2.64 bits per heavy atom. The summed E-state index contributed by atoms with van der Waals surface area (Å²) in [5, 5.41) is 12.9. The molecule has 4 heterocycles. The van der Waals surface area contributed by atoms with Crippen LogP contribution in [0.2, 0.25) is 0 Å². The van der Waals surface area contributed by atoms with Crippen LogP contribution < -0.4 is 4.90 Å². The molecule has 4 rings (SSSR count). The van der Waals surface area contributed by atoms with Crippen molar-refractivity contribution in [3.63, 3.8) is 0 Å². The zero-order valence-corrected chi connectivity index (χ0v) is 14.6. The molecule has 0 N–H and O–H groups in total. The molecule has 132 valence electrons. The Balaban J connectivity index is 1.44. The summed E-state index contributed by atoms with van der Waals surface area (Å²) in [6, 6.07) is 3.97. The lowest BCUT2D eigenvalue weighted by atomic mass is 10.1. The largest absolute Gasteiger partial charge is 0.355 e. The maximum atomic E-state index is 12.8. The fraction of sp³-hybridized carbons (Fsp3) is 0.556. The highest BCUT2D eigenvalue weighted by Gasteiger charge is 2.27. The highest BCUT2D eigenvalue weighted by molar-refractivity contribution is 5.92. The van der Waals surface area contributed by atoms with Gasteiger partial charge in [-0.2, -0.15) is 5.10 Å². The van der Waals surface area contributed by atoms with Gasteiger partial charge in [-0.25, -0.2) is 0 Å². The van der Waals surface area contributed by atoms with Crippen molar-refractivity contribution in [2.45, 2.75) is 38.6 Å². The number of anilines is 1. The molecule has 2 fully saturated rings. The van der Waals surface area contributed by atoms with E-state index in [1.165, 1.54) is 12.8 Å². The molecule has 0 saturated carbocycles. The first kappa shape index (κ1) is 16.1. The van der Waals surface area contributed by atoms with E-state index in [-0.39, 0.29) is 11.9 Å². The van der Waals surface area contributed by atoms with Crippen molar-refractivity contribution in [1.82, 2.24) is 24.9 Å². The summed E-state index contributed by atoms with van der Waals surface area (Å²) >= 11 is 0. The Morgan fingerprint density at radius 1 is 1.12 bits per heavy atom. The summed E-state index contributed by atoms with van der Waals surface area (Å²) in [7, 11) is 0. The third kappa shape index (κ3) is 3.36. The van der Waals surface area contributed by atoms with Crippen molar-refractivity contribution in [3.8, 4) is 0 Å². The molecule has 0 bridgehead atoms. The van der Waals surface area contributed by atoms with Gasteiger partial charge in [0.15, 0.2) is 11.5 Å². The highest BCUT2D eigenvalue weighted by Crippen LogP contribution is 2.23. The predicted molar refractivity (Wildman–Crippen MR) is 94.6 cm³/mol. The third-order valence-corrected chi connectivity index (χ3v) is 5.09. The molecule has 1 amide bonds. The van der Waals surface area contributed by atoms with Gasteiger partial charge in [-0.1, -0.05) is 0 Å². The smallest absolute Gasteiger partial charge is 0.274 e. The van der Waals surface area contributed by atoms with Crippen LogP contribution in [0, 0.1) is 6.92 Å². The number of rotatable bonds is 3. The summed E-state index contributed by atoms with van der Waals surface area (Å²) in [4.78, 5) is 16.9. The topological polar surface area (TPSA) is 67.2 Å². The molecule has 1 atom stereocenters. The third-order valence-electron chi connectivity index (χ3n) is 5.09. The molecule has 7 heteroatoms. The van der Waals surface area contributed by atoms with Gasteiger partial charge in [0, 0.05) is 32.4 Å². The Labute approximate surface area is 147 Å². The normalized spacial score (nSPS) is 20.9. The zero-order chi connectivity index (χ0) is 17.2. The van der Waals surface area contributed by atoms with E-state index in [1.807, 2.05) is 41.0 Å². The quantitative estimate of drug-likeness (QED) is 0.855. The first-order valence-corrected chi connectivity index (χ1v) is 9.09. The number of nitrogens with zero attached hydrogens (tertiary/aromatic N) is 6. The van der Waals surface area contributed by atoms with E-state index in [0.717, 1.165) is 43.9 Å². The molecule has 0 unspecified atom stereocenters. The lowest BCUT2D eigenvalue weighted by Gasteiger charge is -2.32. The summed E-state index contributed by atoms with van der Waals surface area (Å²) < 4.78 is 1.98. The Hall–Kier alpha value is -2.44. The van der Waals surface area contributed by atoms with Crippen molar-refractivity contribution in [3.05, 3.63) is 35.8 Å². The molecule has 0 aromatic carbocycles. The maximum absolute atomic E-state index is 12.8. The van der Waals surface area contributed by atoms with Crippen molar-refractivity contribution >= 4 is 11.7 Å². The average Bonchev–Trinajstić information content (AvgIpc) is 3.33. The molecule has 25 heavy (non-hydrogen) atoms. The molecule has 0 aliphatic carbocycles. The van der Waals surface area contributed by atoms with Crippen molar-refractivity contribution in [2.75, 3.05) is 31.1 Å². The van der Waals surface area contributed by atoms with Crippen LogP contribution in [0.1, 0.15) is 47.8 Å². The Morgan fingerprint density at radius 2 is 1.96 bits per heavy atom. The molecule has 2 aliphatic heterocycles. The maximum Gasteiger partial charge on any atom is 0.274 e. The van der Waals surface area contributed by atoms with E-state index in [1.54, 1.807) is 0 Å². The number of hydrogen-bond acceptors (Lipinski definition) is 5. The lowest BCUT2D eigenvalue weighted by molar-refractivity contribution is 0.0666. The first-order chi connectivity index (χ1) is 12.2. The van der Waals surface area contributed by atoms with E-state index in [0.29, 0.717) is 12.2 Å². The predicted octanol–water partition coefficient (Wildman–Crippen LogP) is 2.06. The van der Waals surface area contributed by atoms with Crippen LogP contribution in [-0.4, -0.2) is 57.0 Å². The second-order valence-corrected chi connectivity index (χ2v) is 7.02. The Bertz CT molecular complexity index is 734. The second-order valence-electron chi connectivity index (χ2n) is 7.02. The van der Waals surface area contributed by atoms with Gasteiger partial charge >= 0.3 is 0 Å².